The summed E-state index contributed by atoms with van der Waals surface area (Å²) in [4.78, 5) is 0.0981. The largest absolute Gasteiger partial charge is 0.496 e. The minimum Gasteiger partial charge on any atom is -0.496 e. The Morgan fingerprint density at radius 1 is 1.17 bits per heavy atom. The summed E-state index contributed by atoms with van der Waals surface area (Å²) in [5.74, 6) is 0.838. The molecule has 0 unspecified atom stereocenters. The number of methoxy groups -OCH3 is 2. The summed E-state index contributed by atoms with van der Waals surface area (Å²) < 4.78 is 37.0. The van der Waals surface area contributed by atoms with Gasteiger partial charge >= 0.3 is 0 Å². The second-order valence-corrected chi connectivity index (χ2v) is 5.61. The van der Waals surface area contributed by atoms with Gasteiger partial charge in [0.25, 0.3) is 0 Å². The Morgan fingerprint density at radius 3 is 2.28 bits per heavy atom. The van der Waals surface area contributed by atoms with Crippen molar-refractivity contribution in [3.05, 3.63) is 17.7 Å². The predicted molar refractivity (Wildman–Crippen MR) is 69.8 cm³/mol. The first kappa shape index (κ1) is 14.8. The van der Waals surface area contributed by atoms with Crippen molar-refractivity contribution in [1.29, 1.82) is 0 Å². The van der Waals surface area contributed by atoms with E-state index in [4.69, 9.17) is 9.47 Å². The highest BCUT2D eigenvalue weighted by Crippen LogP contribution is 2.31. The standard InChI is InChI=1S/C12H19NO4S/c1-5-6-13-18(14,15)12-8-10(16-3)9(2)7-11(12)17-4/h7-8,13H,5-6H2,1-4H3. The minimum absolute atomic E-state index is 0.0981. The Morgan fingerprint density at radius 2 is 1.78 bits per heavy atom. The second kappa shape index (κ2) is 6.06. The van der Waals surface area contributed by atoms with E-state index in [1.54, 1.807) is 6.07 Å². The van der Waals surface area contributed by atoms with Crippen LogP contribution in [0, 0.1) is 6.92 Å². The lowest BCUT2D eigenvalue weighted by atomic mass is 10.2. The van der Waals surface area contributed by atoms with Crippen LogP contribution in [-0.4, -0.2) is 29.2 Å². The fourth-order valence-electron chi connectivity index (χ4n) is 1.55. The first-order valence-electron chi connectivity index (χ1n) is 5.68. The highest BCUT2D eigenvalue weighted by molar-refractivity contribution is 7.89. The number of hydrogen-bond acceptors (Lipinski definition) is 4. The molecule has 0 aliphatic heterocycles. The Balaban J connectivity index is 3.29. The average Bonchev–Trinajstić information content (AvgIpc) is 2.35. The molecular formula is C12H19NO4S. The summed E-state index contributed by atoms with van der Waals surface area (Å²) in [6.07, 6.45) is 0.727. The maximum absolute atomic E-state index is 12.1. The van der Waals surface area contributed by atoms with Gasteiger partial charge in [0.1, 0.15) is 16.4 Å². The monoisotopic (exact) mass is 273 g/mol. The molecule has 0 fully saturated rings. The van der Waals surface area contributed by atoms with Crippen LogP contribution in [0.25, 0.3) is 0 Å². The van der Waals surface area contributed by atoms with Gasteiger partial charge in [0, 0.05) is 12.6 Å². The molecule has 1 aromatic rings. The quantitative estimate of drug-likeness (QED) is 0.857. The van der Waals surface area contributed by atoms with Crippen molar-refractivity contribution in [2.24, 2.45) is 0 Å². The van der Waals surface area contributed by atoms with Crippen LogP contribution >= 0.6 is 0 Å². The molecule has 102 valence electrons. The van der Waals surface area contributed by atoms with Crippen LogP contribution in [0.5, 0.6) is 11.5 Å². The van der Waals surface area contributed by atoms with Gasteiger partial charge in [-0.25, -0.2) is 13.1 Å². The van der Waals surface area contributed by atoms with E-state index >= 15 is 0 Å². The van der Waals surface area contributed by atoms with Crippen LogP contribution < -0.4 is 14.2 Å². The number of aryl methyl sites for hydroxylation is 1. The predicted octanol–water partition coefficient (Wildman–Crippen LogP) is 1.70. The molecule has 1 aromatic carbocycles. The highest BCUT2D eigenvalue weighted by atomic mass is 32.2. The first-order chi connectivity index (χ1) is 8.46. The van der Waals surface area contributed by atoms with Crippen LogP contribution in [0.2, 0.25) is 0 Å². The Hall–Kier alpha value is -1.27. The summed E-state index contributed by atoms with van der Waals surface area (Å²) in [6.45, 7) is 4.12. The third-order valence-electron chi connectivity index (χ3n) is 2.51. The zero-order valence-corrected chi connectivity index (χ0v) is 11.9. The van der Waals surface area contributed by atoms with E-state index in [9.17, 15) is 8.42 Å². The fourth-order valence-corrected chi connectivity index (χ4v) is 2.84. The summed E-state index contributed by atoms with van der Waals surface area (Å²) >= 11 is 0. The van der Waals surface area contributed by atoms with Gasteiger partial charge in [-0.2, -0.15) is 0 Å². The van der Waals surface area contributed by atoms with E-state index < -0.39 is 10.0 Å². The average molecular weight is 273 g/mol. The Labute approximate surface area is 108 Å². The molecule has 5 nitrogen and oxygen atoms in total. The van der Waals surface area contributed by atoms with Gasteiger partial charge in [-0.05, 0) is 25.0 Å². The van der Waals surface area contributed by atoms with Gasteiger partial charge in [0.2, 0.25) is 10.0 Å². The van der Waals surface area contributed by atoms with Gasteiger partial charge < -0.3 is 9.47 Å². The molecular weight excluding hydrogens is 254 g/mol. The lowest BCUT2D eigenvalue weighted by molar-refractivity contribution is 0.390. The van der Waals surface area contributed by atoms with Gasteiger partial charge in [-0.1, -0.05) is 6.92 Å². The van der Waals surface area contributed by atoms with Crippen molar-refractivity contribution in [2.45, 2.75) is 25.2 Å². The van der Waals surface area contributed by atoms with Gasteiger partial charge in [0.15, 0.2) is 0 Å². The topological polar surface area (TPSA) is 64.6 Å². The molecule has 1 N–H and O–H groups in total. The molecule has 6 heteroatoms. The van der Waals surface area contributed by atoms with E-state index in [2.05, 4.69) is 4.72 Å². The lowest BCUT2D eigenvalue weighted by Gasteiger charge is -2.13. The molecule has 0 aromatic heterocycles. The molecule has 1 rings (SSSR count). The molecule has 0 bridgehead atoms. The molecule has 0 saturated heterocycles. The van der Waals surface area contributed by atoms with Crippen molar-refractivity contribution < 1.29 is 17.9 Å². The van der Waals surface area contributed by atoms with Crippen LogP contribution in [-0.2, 0) is 10.0 Å². The second-order valence-electron chi connectivity index (χ2n) is 3.87. The molecule has 0 amide bonds. The Kier molecular flexibility index (Phi) is 4.98. The summed E-state index contributed by atoms with van der Waals surface area (Å²) in [7, 11) is -0.620. The number of hydrogen-bond donors (Lipinski definition) is 1. The number of rotatable bonds is 6. The normalized spacial score (nSPS) is 11.3. The fraction of sp³-hybridized carbons (Fsp3) is 0.500. The smallest absolute Gasteiger partial charge is 0.244 e. The Bertz CT molecular complexity index is 511. The molecule has 0 aliphatic carbocycles. The third kappa shape index (κ3) is 3.14. The van der Waals surface area contributed by atoms with Crippen LogP contribution in [0.4, 0.5) is 0 Å². The van der Waals surface area contributed by atoms with Crippen LogP contribution in [0.3, 0.4) is 0 Å². The van der Waals surface area contributed by atoms with Gasteiger partial charge in [-0.3, -0.25) is 0 Å². The van der Waals surface area contributed by atoms with Crippen molar-refractivity contribution >= 4 is 10.0 Å². The van der Waals surface area contributed by atoms with Crippen LogP contribution in [0.1, 0.15) is 18.9 Å². The number of sulfonamides is 1. The molecule has 0 aliphatic rings. The first-order valence-corrected chi connectivity index (χ1v) is 7.16. The lowest BCUT2D eigenvalue weighted by Crippen LogP contribution is -2.25. The van der Waals surface area contributed by atoms with Crippen molar-refractivity contribution in [3.8, 4) is 11.5 Å². The van der Waals surface area contributed by atoms with Gasteiger partial charge in [0.05, 0.1) is 14.2 Å². The molecule has 0 spiro atoms. The molecule has 0 heterocycles. The minimum atomic E-state index is -3.57. The molecule has 18 heavy (non-hydrogen) atoms. The number of benzene rings is 1. The molecule has 0 saturated carbocycles. The zero-order valence-electron chi connectivity index (χ0n) is 11.1. The molecule has 0 radical (unpaired) electrons. The highest BCUT2D eigenvalue weighted by Gasteiger charge is 2.21. The number of nitrogens with one attached hydrogen (secondary N) is 1. The van der Waals surface area contributed by atoms with E-state index in [1.165, 1.54) is 20.3 Å². The van der Waals surface area contributed by atoms with Crippen molar-refractivity contribution in [3.63, 3.8) is 0 Å². The van der Waals surface area contributed by atoms with Crippen LogP contribution in [0.15, 0.2) is 17.0 Å². The van der Waals surface area contributed by atoms with E-state index in [0.717, 1.165) is 12.0 Å². The van der Waals surface area contributed by atoms with E-state index in [-0.39, 0.29) is 4.90 Å². The van der Waals surface area contributed by atoms with E-state index in [0.29, 0.717) is 18.0 Å². The zero-order chi connectivity index (χ0) is 13.8. The summed E-state index contributed by atoms with van der Waals surface area (Å²) in [6, 6.07) is 3.13. The third-order valence-corrected chi connectivity index (χ3v) is 3.99. The van der Waals surface area contributed by atoms with Gasteiger partial charge in [-0.15, -0.1) is 0 Å². The SMILES string of the molecule is CCCNS(=O)(=O)c1cc(OC)c(C)cc1OC. The maximum atomic E-state index is 12.1. The van der Waals surface area contributed by atoms with Crippen molar-refractivity contribution in [2.75, 3.05) is 20.8 Å². The molecule has 0 atom stereocenters. The van der Waals surface area contributed by atoms with Crippen molar-refractivity contribution in [1.82, 2.24) is 4.72 Å². The summed E-state index contributed by atoms with van der Waals surface area (Å²) in [5, 5.41) is 0. The maximum Gasteiger partial charge on any atom is 0.244 e. The summed E-state index contributed by atoms with van der Waals surface area (Å²) in [5.41, 5.74) is 0.823. The van der Waals surface area contributed by atoms with E-state index in [1.807, 2.05) is 13.8 Å². The number of ether oxygens (including phenoxy) is 2.